The highest BCUT2D eigenvalue weighted by molar-refractivity contribution is 5.99. The van der Waals surface area contributed by atoms with E-state index in [4.69, 9.17) is 11.5 Å². The second-order valence-electron chi connectivity index (χ2n) is 5.35. The lowest BCUT2D eigenvalue weighted by molar-refractivity contribution is 0.100. The van der Waals surface area contributed by atoms with Crippen molar-refractivity contribution in [3.8, 4) is 0 Å². The Hall–Kier alpha value is -1.75. The summed E-state index contributed by atoms with van der Waals surface area (Å²) in [6, 6.07) is 5.47. The van der Waals surface area contributed by atoms with Crippen LogP contribution in [0.5, 0.6) is 0 Å². The Kier molecular flexibility index (Phi) is 4.84. The highest BCUT2D eigenvalue weighted by atomic mass is 16.3. The molecule has 5 N–H and O–H groups in total. The van der Waals surface area contributed by atoms with Crippen LogP contribution in [0.4, 0.5) is 11.4 Å². The Balaban J connectivity index is 2.36. The first-order valence-electron chi connectivity index (χ1n) is 7.20. The molecule has 0 unspecified atom stereocenters. The summed E-state index contributed by atoms with van der Waals surface area (Å²) in [5, 5.41) is 9.34. The van der Waals surface area contributed by atoms with Gasteiger partial charge in [-0.25, -0.2) is 0 Å². The van der Waals surface area contributed by atoms with Gasteiger partial charge in [0.2, 0.25) is 0 Å². The number of aliphatic hydroxyl groups excluding tert-OH is 1. The standard InChI is InChI=1S/C15H23N3O2/c16-11-6-7-13(15(17)20)14(10-11)18(8-9-19)12-4-2-1-3-5-12/h6-7,10,12,19H,1-5,8-9,16H2,(H2,17,20). The van der Waals surface area contributed by atoms with Gasteiger partial charge in [-0.05, 0) is 31.0 Å². The van der Waals surface area contributed by atoms with Crippen LogP contribution in [0, 0.1) is 0 Å². The summed E-state index contributed by atoms with van der Waals surface area (Å²) in [7, 11) is 0. The van der Waals surface area contributed by atoms with Gasteiger partial charge < -0.3 is 21.5 Å². The number of carbonyl (C=O) groups is 1. The predicted octanol–water partition coefficient (Wildman–Crippen LogP) is 1.50. The molecule has 0 heterocycles. The average Bonchev–Trinajstić information content (AvgIpc) is 2.45. The Labute approximate surface area is 119 Å². The highest BCUT2D eigenvalue weighted by Crippen LogP contribution is 2.30. The molecule has 0 aromatic heterocycles. The summed E-state index contributed by atoms with van der Waals surface area (Å²) in [6.07, 6.45) is 5.77. The second-order valence-corrected chi connectivity index (χ2v) is 5.35. The van der Waals surface area contributed by atoms with E-state index in [2.05, 4.69) is 4.90 Å². The first kappa shape index (κ1) is 14.7. The molecular formula is C15H23N3O2. The topological polar surface area (TPSA) is 92.6 Å². The lowest BCUT2D eigenvalue weighted by atomic mass is 9.93. The normalized spacial score (nSPS) is 16.1. The summed E-state index contributed by atoms with van der Waals surface area (Å²) in [4.78, 5) is 13.7. The molecule has 5 heteroatoms. The predicted molar refractivity (Wildman–Crippen MR) is 80.7 cm³/mol. The minimum Gasteiger partial charge on any atom is -0.399 e. The van der Waals surface area contributed by atoms with E-state index in [9.17, 15) is 9.90 Å². The van der Waals surface area contributed by atoms with Gasteiger partial charge in [0.1, 0.15) is 0 Å². The molecule has 5 nitrogen and oxygen atoms in total. The molecule has 0 spiro atoms. The fourth-order valence-electron chi connectivity index (χ4n) is 2.99. The number of primary amides is 1. The third kappa shape index (κ3) is 3.22. The zero-order valence-electron chi connectivity index (χ0n) is 11.7. The van der Waals surface area contributed by atoms with Crippen LogP contribution in [0.1, 0.15) is 42.5 Å². The zero-order valence-corrected chi connectivity index (χ0v) is 11.7. The number of hydrogen-bond acceptors (Lipinski definition) is 4. The number of nitrogens with zero attached hydrogens (tertiary/aromatic N) is 1. The molecule has 20 heavy (non-hydrogen) atoms. The third-order valence-electron chi connectivity index (χ3n) is 3.95. The summed E-state index contributed by atoms with van der Waals surface area (Å²) in [5.74, 6) is -0.459. The molecule has 1 fully saturated rings. The van der Waals surface area contributed by atoms with Gasteiger partial charge in [0, 0.05) is 18.3 Å². The molecule has 1 aromatic rings. The SMILES string of the molecule is NC(=O)c1ccc(N)cc1N(CCO)C1CCCCC1. The number of hydrogen-bond donors (Lipinski definition) is 3. The average molecular weight is 277 g/mol. The minimum absolute atomic E-state index is 0.0451. The van der Waals surface area contributed by atoms with E-state index in [0.29, 0.717) is 23.8 Å². The molecule has 1 saturated carbocycles. The lowest BCUT2D eigenvalue weighted by Gasteiger charge is -2.36. The van der Waals surface area contributed by atoms with Crippen LogP contribution >= 0.6 is 0 Å². The molecule has 0 aliphatic heterocycles. The third-order valence-corrected chi connectivity index (χ3v) is 3.95. The van der Waals surface area contributed by atoms with Crippen LogP contribution in [0.2, 0.25) is 0 Å². The minimum atomic E-state index is -0.459. The summed E-state index contributed by atoms with van der Waals surface area (Å²) in [6.45, 7) is 0.540. The quantitative estimate of drug-likeness (QED) is 0.711. The van der Waals surface area contributed by atoms with Crippen LogP contribution in [0.25, 0.3) is 0 Å². The molecule has 1 amide bonds. The Morgan fingerprint density at radius 1 is 1.30 bits per heavy atom. The maximum Gasteiger partial charge on any atom is 0.250 e. The van der Waals surface area contributed by atoms with Crippen molar-refractivity contribution in [2.24, 2.45) is 5.73 Å². The van der Waals surface area contributed by atoms with E-state index in [-0.39, 0.29) is 6.61 Å². The smallest absolute Gasteiger partial charge is 0.250 e. The van der Waals surface area contributed by atoms with E-state index in [0.717, 1.165) is 18.5 Å². The van der Waals surface area contributed by atoms with Crippen molar-refractivity contribution in [3.63, 3.8) is 0 Å². The Morgan fingerprint density at radius 2 is 2.00 bits per heavy atom. The summed E-state index contributed by atoms with van der Waals surface area (Å²) < 4.78 is 0. The molecule has 0 saturated heterocycles. The van der Waals surface area contributed by atoms with Crippen molar-refractivity contribution in [1.82, 2.24) is 0 Å². The fourth-order valence-corrected chi connectivity index (χ4v) is 2.99. The number of nitrogens with two attached hydrogens (primary N) is 2. The Bertz CT molecular complexity index is 470. The number of nitrogen functional groups attached to an aromatic ring is 1. The number of rotatable bonds is 5. The van der Waals surface area contributed by atoms with E-state index in [1.54, 1.807) is 18.2 Å². The molecule has 0 atom stereocenters. The first-order valence-corrected chi connectivity index (χ1v) is 7.20. The fraction of sp³-hybridized carbons (Fsp3) is 0.533. The number of aliphatic hydroxyl groups is 1. The Morgan fingerprint density at radius 3 is 2.60 bits per heavy atom. The number of benzene rings is 1. The van der Waals surface area contributed by atoms with Crippen LogP contribution in [0.15, 0.2) is 18.2 Å². The van der Waals surface area contributed by atoms with Crippen molar-refractivity contribution in [3.05, 3.63) is 23.8 Å². The molecule has 1 aliphatic rings. The maximum atomic E-state index is 11.6. The van der Waals surface area contributed by atoms with Gasteiger partial charge in [-0.3, -0.25) is 4.79 Å². The maximum absolute atomic E-state index is 11.6. The zero-order chi connectivity index (χ0) is 14.5. The van der Waals surface area contributed by atoms with Crippen molar-refractivity contribution in [2.75, 3.05) is 23.8 Å². The molecular weight excluding hydrogens is 254 g/mol. The van der Waals surface area contributed by atoms with Gasteiger partial charge in [-0.15, -0.1) is 0 Å². The van der Waals surface area contributed by atoms with E-state index < -0.39 is 5.91 Å². The lowest BCUT2D eigenvalue weighted by Crippen LogP contribution is -2.40. The van der Waals surface area contributed by atoms with Gasteiger partial charge in [0.25, 0.3) is 5.91 Å². The number of anilines is 2. The molecule has 0 radical (unpaired) electrons. The highest BCUT2D eigenvalue weighted by Gasteiger charge is 2.24. The molecule has 0 bridgehead atoms. The van der Waals surface area contributed by atoms with Gasteiger partial charge in [0.05, 0.1) is 17.9 Å². The van der Waals surface area contributed by atoms with Gasteiger partial charge in [-0.2, -0.15) is 0 Å². The van der Waals surface area contributed by atoms with Gasteiger partial charge >= 0.3 is 0 Å². The molecule has 1 aliphatic carbocycles. The van der Waals surface area contributed by atoms with E-state index >= 15 is 0 Å². The largest absolute Gasteiger partial charge is 0.399 e. The molecule has 2 rings (SSSR count). The monoisotopic (exact) mass is 277 g/mol. The summed E-state index contributed by atoms with van der Waals surface area (Å²) in [5.41, 5.74) is 13.1. The van der Waals surface area contributed by atoms with Crippen LogP contribution in [-0.2, 0) is 0 Å². The van der Waals surface area contributed by atoms with Crippen LogP contribution in [-0.4, -0.2) is 30.2 Å². The second kappa shape index (κ2) is 6.61. The summed E-state index contributed by atoms with van der Waals surface area (Å²) >= 11 is 0. The number of carbonyl (C=O) groups excluding carboxylic acids is 1. The van der Waals surface area contributed by atoms with Crippen LogP contribution < -0.4 is 16.4 Å². The number of amides is 1. The first-order chi connectivity index (χ1) is 9.63. The van der Waals surface area contributed by atoms with Gasteiger partial charge in [0.15, 0.2) is 0 Å². The van der Waals surface area contributed by atoms with Gasteiger partial charge in [-0.1, -0.05) is 19.3 Å². The molecule has 110 valence electrons. The van der Waals surface area contributed by atoms with Crippen LogP contribution in [0.3, 0.4) is 0 Å². The molecule has 1 aromatic carbocycles. The van der Waals surface area contributed by atoms with E-state index in [1.165, 1.54) is 19.3 Å². The van der Waals surface area contributed by atoms with Crippen molar-refractivity contribution >= 4 is 17.3 Å². The van der Waals surface area contributed by atoms with E-state index in [1.807, 2.05) is 0 Å². The van der Waals surface area contributed by atoms with Crippen molar-refractivity contribution in [2.45, 2.75) is 38.1 Å². The van der Waals surface area contributed by atoms with Crippen molar-refractivity contribution < 1.29 is 9.90 Å². The van der Waals surface area contributed by atoms with Crippen molar-refractivity contribution in [1.29, 1.82) is 0 Å².